The van der Waals surface area contributed by atoms with Gasteiger partial charge in [-0.2, -0.15) is 9.97 Å². The summed E-state index contributed by atoms with van der Waals surface area (Å²) in [7, 11) is 0. The molecule has 0 aromatic carbocycles. The molecule has 116 valence electrons. The van der Waals surface area contributed by atoms with Crippen LogP contribution in [-0.2, 0) is 0 Å². The van der Waals surface area contributed by atoms with Crippen molar-refractivity contribution in [1.82, 2.24) is 19.9 Å². The van der Waals surface area contributed by atoms with Crippen LogP contribution in [0.15, 0.2) is 6.33 Å². The number of nitrogens with zero attached hydrogens (tertiary/aromatic N) is 4. The number of aromatic nitrogens is 4. The highest BCUT2D eigenvalue weighted by Gasteiger charge is 2.17. The van der Waals surface area contributed by atoms with Crippen LogP contribution in [0.25, 0.3) is 11.2 Å². The van der Waals surface area contributed by atoms with E-state index in [1.54, 1.807) is 6.33 Å². The maximum atomic E-state index is 4.69. The molecule has 0 unspecified atom stereocenters. The first-order valence-electron chi connectivity index (χ1n) is 7.93. The van der Waals surface area contributed by atoms with Gasteiger partial charge in [0.15, 0.2) is 11.5 Å². The van der Waals surface area contributed by atoms with Gasteiger partial charge in [-0.05, 0) is 19.8 Å². The molecule has 6 heteroatoms. The Hall–Kier alpha value is -1.85. The highest BCUT2D eigenvalue weighted by atomic mass is 15.2. The van der Waals surface area contributed by atoms with Gasteiger partial charge in [-0.25, -0.2) is 4.98 Å². The van der Waals surface area contributed by atoms with Gasteiger partial charge >= 0.3 is 0 Å². The van der Waals surface area contributed by atoms with Crippen molar-refractivity contribution in [3.05, 3.63) is 6.33 Å². The number of rotatable bonds is 8. The average molecular weight is 290 g/mol. The van der Waals surface area contributed by atoms with E-state index in [4.69, 9.17) is 0 Å². The standard InChI is InChI=1S/C15H26N6/c1-5-11(6-2)9-21(8-4)14-12-13(18-10-17-12)19-15(20-14)16-7-3/h10-11H,5-9H2,1-4H3,(H2,16,17,18,19,20). The van der Waals surface area contributed by atoms with E-state index in [0.29, 0.717) is 11.9 Å². The third-order valence-electron chi connectivity index (χ3n) is 3.92. The van der Waals surface area contributed by atoms with Gasteiger partial charge in [0, 0.05) is 19.6 Å². The lowest BCUT2D eigenvalue weighted by Crippen LogP contribution is -2.30. The summed E-state index contributed by atoms with van der Waals surface area (Å²) >= 11 is 0. The van der Waals surface area contributed by atoms with Crippen LogP contribution in [0.2, 0.25) is 0 Å². The van der Waals surface area contributed by atoms with Crippen molar-refractivity contribution in [2.45, 2.75) is 40.5 Å². The molecule has 2 aromatic heterocycles. The summed E-state index contributed by atoms with van der Waals surface area (Å²) in [4.78, 5) is 18.9. The zero-order chi connectivity index (χ0) is 15.2. The van der Waals surface area contributed by atoms with Crippen LogP contribution in [0.1, 0.15) is 40.5 Å². The molecule has 2 aromatic rings. The number of aromatic amines is 1. The molecule has 0 aliphatic heterocycles. The summed E-state index contributed by atoms with van der Waals surface area (Å²) in [6, 6.07) is 0. The zero-order valence-electron chi connectivity index (χ0n) is 13.5. The summed E-state index contributed by atoms with van der Waals surface area (Å²) in [6.07, 6.45) is 4.05. The third kappa shape index (κ3) is 3.43. The summed E-state index contributed by atoms with van der Waals surface area (Å²) in [5, 5.41) is 3.19. The summed E-state index contributed by atoms with van der Waals surface area (Å²) in [6.45, 7) is 11.4. The molecule has 2 N–H and O–H groups in total. The lowest BCUT2D eigenvalue weighted by Gasteiger charge is -2.26. The van der Waals surface area contributed by atoms with E-state index < -0.39 is 0 Å². The Morgan fingerprint density at radius 3 is 2.57 bits per heavy atom. The van der Waals surface area contributed by atoms with Crippen LogP contribution in [0, 0.1) is 5.92 Å². The average Bonchev–Trinajstić information content (AvgIpc) is 2.97. The van der Waals surface area contributed by atoms with Gasteiger partial charge in [-0.15, -0.1) is 0 Å². The fourth-order valence-electron chi connectivity index (χ4n) is 2.51. The number of hydrogen-bond donors (Lipinski definition) is 2. The maximum Gasteiger partial charge on any atom is 0.226 e. The predicted molar refractivity (Wildman–Crippen MR) is 87.8 cm³/mol. The van der Waals surface area contributed by atoms with Gasteiger partial charge < -0.3 is 15.2 Å². The van der Waals surface area contributed by atoms with Gasteiger partial charge in [-0.3, -0.25) is 0 Å². The first-order valence-corrected chi connectivity index (χ1v) is 7.93. The molecule has 0 radical (unpaired) electrons. The Bertz CT molecular complexity index is 560. The van der Waals surface area contributed by atoms with Crippen LogP contribution in [0.3, 0.4) is 0 Å². The largest absolute Gasteiger partial charge is 0.355 e. The number of hydrogen-bond acceptors (Lipinski definition) is 5. The van der Waals surface area contributed by atoms with E-state index in [1.165, 1.54) is 12.8 Å². The van der Waals surface area contributed by atoms with Crippen LogP contribution in [0.5, 0.6) is 0 Å². The second-order valence-electron chi connectivity index (χ2n) is 5.22. The van der Waals surface area contributed by atoms with Crippen LogP contribution < -0.4 is 10.2 Å². The van der Waals surface area contributed by atoms with Crippen molar-refractivity contribution in [2.24, 2.45) is 5.92 Å². The topological polar surface area (TPSA) is 69.7 Å². The van der Waals surface area contributed by atoms with Crippen molar-refractivity contribution in [2.75, 3.05) is 29.9 Å². The molecule has 0 atom stereocenters. The van der Waals surface area contributed by atoms with Crippen molar-refractivity contribution in [1.29, 1.82) is 0 Å². The zero-order valence-corrected chi connectivity index (χ0v) is 13.5. The first-order chi connectivity index (χ1) is 10.2. The SMILES string of the molecule is CCNc1nc(N(CC)CC(CC)CC)c2[nH]cnc2n1. The maximum absolute atomic E-state index is 4.69. The molecule has 6 nitrogen and oxygen atoms in total. The minimum atomic E-state index is 0.648. The second-order valence-corrected chi connectivity index (χ2v) is 5.22. The minimum Gasteiger partial charge on any atom is -0.355 e. The van der Waals surface area contributed by atoms with Crippen LogP contribution in [-0.4, -0.2) is 39.6 Å². The molecule has 2 heterocycles. The lowest BCUT2D eigenvalue weighted by atomic mass is 10.0. The smallest absolute Gasteiger partial charge is 0.226 e. The highest BCUT2D eigenvalue weighted by Crippen LogP contribution is 2.24. The predicted octanol–water partition coefficient (Wildman–Crippen LogP) is 3.05. The molecule has 21 heavy (non-hydrogen) atoms. The Morgan fingerprint density at radius 2 is 1.95 bits per heavy atom. The van der Waals surface area contributed by atoms with E-state index >= 15 is 0 Å². The van der Waals surface area contributed by atoms with Crippen molar-refractivity contribution in [3.63, 3.8) is 0 Å². The fraction of sp³-hybridized carbons (Fsp3) is 0.667. The van der Waals surface area contributed by atoms with Gasteiger partial charge in [0.25, 0.3) is 0 Å². The first kappa shape index (κ1) is 15.5. The molecule has 0 aliphatic rings. The summed E-state index contributed by atoms with van der Waals surface area (Å²) in [5.41, 5.74) is 1.64. The number of anilines is 2. The molecule has 0 bridgehead atoms. The number of fused-ring (bicyclic) bond motifs is 1. The van der Waals surface area contributed by atoms with Gasteiger partial charge in [0.2, 0.25) is 5.95 Å². The monoisotopic (exact) mass is 290 g/mol. The van der Waals surface area contributed by atoms with E-state index in [1.807, 2.05) is 6.92 Å². The van der Waals surface area contributed by atoms with E-state index in [0.717, 1.165) is 36.6 Å². The second kappa shape index (κ2) is 7.24. The van der Waals surface area contributed by atoms with Gasteiger partial charge in [0.05, 0.1) is 6.33 Å². The van der Waals surface area contributed by atoms with Gasteiger partial charge in [0.1, 0.15) is 5.52 Å². The number of nitrogens with one attached hydrogen (secondary N) is 2. The molecular formula is C15H26N6. The van der Waals surface area contributed by atoms with Crippen LogP contribution >= 0.6 is 0 Å². The Labute approximate surface area is 126 Å². The Kier molecular flexibility index (Phi) is 5.36. The van der Waals surface area contributed by atoms with Crippen molar-refractivity contribution in [3.8, 4) is 0 Å². The quantitative estimate of drug-likeness (QED) is 0.782. The molecule has 0 saturated heterocycles. The Morgan fingerprint density at radius 1 is 1.19 bits per heavy atom. The van der Waals surface area contributed by atoms with Crippen molar-refractivity contribution < 1.29 is 0 Å². The Balaban J connectivity index is 2.38. The molecule has 0 aliphatic carbocycles. The number of imidazole rings is 1. The van der Waals surface area contributed by atoms with E-state index in [9.17, 15) is 0 Å². The van der Waals surface area contributed by atoms with E-state index in [2.05, 4.69) is 50.9 Å². The lowest BCUT2D eigenvalue weighted by molar-refractivity contribution is 0.485. The third-order valence-corrected chi connectivity index (χ3v) is 3.92. The molecule has 0 saturated carbocycles. The van der Waals surface area contributed by atoms with Crippen molar-refractivity contribution >= 4 is 22.9 Å². The normalized spacial score (nSPS) is 11.3. The number of H-pyrrole nitrogens is 1. The van der Waals surface area contributed by atoms with E-state index in [-0.39, 0.29) is 0 Å². The van der Waals surface area contributed by atoms with Crippen LogP contribution in [0.4, 0.5) is 11.8 Å². The fourth-order valence-corrected chi connectivity index (χ4v) is 2.51. The minimum absolute atomic E-state index is 0.648. The summed E-state index contributed by atoms with van der Waals surface area (Å²) in [5.74, 6) is 2.28. The molecule has 0 spiro atoms. The highest BCUT2D eigenvalue weighted by molar-refractivity contribution is 5.84. The molecule has 2 rings (SSSR count). The molecule has 0 amide bonds. The molecule has 0 fully saturated rings. The summed E-state index contributed by atoms with van der Waals surface area (Å²) < 4.78 is 0. The van der Waals surface area contributed by atoms with Gasteiger partial charge in [-0.1, -0.05) is 26.7 Å². The molecular weight excluding hydrogens is 264 g/mol.